The fraction of sp³-hybridized carbons (Fsp3) is 0.333. The van der Waals surface area contributed by atoms with Crippen LogP contribution < -0.4 is 0 Å². The van der Waals surface area contributed by atoms with Crippen LogP contribution in [0.25, 0.3) is 11.2 Å². The van der Waals surface area contributed by atoms with Gasteiger partial charge in [0.05, 0.1) is 17.6 Å². The lowest BCUT2D eigenvalue weighted by Crippen LogP contribution is -1.98. The van der Waals surface area contributed by atoms with Crippen molar-refractivity contribution in [3.63, 3.8) is 0 Å². The Hall–Kier alpha value is -1.58. The number of nitrogens with zero attached hydrogens (tertiary/aromatic N) is 4. The predicted molar refractivity (Wildman–Crippen MR) is 49.3 cm³/mol. The normalized spacial score (nSPS) is 10.7. The molecule has 2 aromatic heterocycles. The molecule has 0 bridgehead atoms. The van der Waals surface area contributed by atoms with Gasteiger partial charge in [-0.05, 0) is 20.8 Å². The van der Waals surface area contributed by atoms with Crippen molar-refractivity contribution in [1.82, 2.24) is 19.9 Å². The van der Waals surface area contributed by atoms with Crippen LogP contribution in [0.15, 0.2) is 6.20 Å². The Balaban J connectivity index is 2.87. The summed E-state index contributed by atoms with van der Waals surface area (Å²) in [5, 5.41) is 0. The second-order valence-corrected chi connectivity index (χ2v) is 3.04. The molecular formula is C9H10N4. The lowest BCUT2D eigenvalue weighted by atomic mass is 10.3. The molecular weight excluding hydrogens is 164 g/mol. The third-order valence-corrected chi connectivity index (χ3v) is 1.81. The Morgan fingerprint density at radius 2 is 1.77 bits per heavy atom. The Morgan fingerprint density at radius 3 is 2.54 bits per heavy atom. The van der Waals surface area contributed by atoms with Gasteiger partial charge in [-0.2, -0.15) is 0 Å². The monoisotopic (exact) mass is 174 g/mol. The molecule has 0 saturated heterocycles. The van der Waals surface area contributed by atoms with Gasteiger partial charge in [0.15, 0.2) is 5.65 Å². The summed E-state index contributed by atoms with van der Waals surface area (Å²) < 4.78 is 0. The molecule has 2 heterocycles. The number of hydrogen-bond acceptors (Lipinski definition) is 4. The molecule has 0 aliphatic heterocycles. The molecule has 0 aliphatic rings. The zero-order chi connectivity index (χ0) is 9.42. The standard InChI is InChI=1S/C9H10N4/c1-5-4-10-9-8(11-5)6(2)12-7(3)13-9/h4H,1-3H3. The minimum atomic E-state index is 0.676. The van der Waals surface area contributed by atoms with Crippen molar-refractivity contribution >= 4 is 11.2 Å². The maximum absolute atomic E-state index is 4.33. The van der Waals surface area contributed by atoms with Crippen LogP contribution in [0.1, 0.15) is 17.2 Å². The smallest absolute Gasteiger partial charge is 0.181 e. The van der Waals surface area contributed by atoms with Gasteiger partial charge in [0.1, 0.15) is 11.3 Å². The fourth-order valence-electron chi connectivity index (χ4n) is 1.27. The molecule has 0 fully saturated rings. The first-order valence-electron chi connectivity index (χ1n) is 4.11. The summed E-state index contributed by atoms with van der Waals surface area (Å²) in [7, 11) is 0. The van der Waals surface area contributed by atoms with Gasteiger partial charge in [-0.3, -0.25) is 0 Å². The maximum Gasteiger partial charge on any atom is 0.181 e. The fourth-order valence-corrected chi connectivity index (χ4v) is 1.27. The van der Waals surface area contributed by atoms with Crippen molar-refractivity contribution in [3.05, 3.63) is 23.4 Å². The topological polar surface area (TPSA) is 51.6 Å². The highest BCUT2D eigenvalue weighted by atomic mass is 15.0. The van der Waals surface area contributed by atoms with Gasteiger partial charge in [-0.25, -0.2) is 19.9 Å². The van der Waals surface area contributed by atoms with Crippen LogP contribution in [-0.4, -0.2) is 19.9 Å². The molecule has 0 saturated carbocycles. The summed E-state index contributed by atoms with van der Waals surface area (Å²) in [6.45, 7) is 5.69. The van der Waals surface area contributed by atoms with E-state index in [0.29, 0.717) is 5.65 Å². The maximum atomic E-state index is 4.33. The van der Waals surface area contributed by atoms with Crippen LogP contribution >= 0.6 is 0 Å². The van der Waals surface area contributed by atoms with Gasteiger partial charge in [-0.1, -0.05) is 0 Å². The van der Waals surface area contributed by atoms with Crippen molar-refractivity contribution < 1.29 is 0 Å². The summed E-state index contributed by atoms with van der Waals surface area (Å²) >= 11 is 0. The first-order chi connectivity index (χ1) is 6.16. The van der Waals surface area contributed by atoms with Gasteiger partial charge < -0.3 is 0 Å². The minimum absolute atomic E-state index is 0.676. The first-order valence-corrected chi connectivity index (χ1v) is 4.11. The van der Waals surface area contributed by atoms with Crippen LogP contribution in [-0.2, 0) is 0 Å². The van der Waals surface area contributed by atoms with Crippen LogP contribution in [0.4, 0.5) is 0 Å². The van der Waals surface area contributed by atoms with E-state index in [-0.39, 0.29) is 0 Å². The van der Waals surface area contributed by atoms with Gasteiger partial charge >= 0.3 is 0 Å². The molecule has 0 unspecified atom stereocenters. The quantitative estimate of drug-likeness (QED) is 0.604. The average molecular weight is 174 g/mol. The molecule has 0 atom stereocenters. The molecule has 4 nitrogen and oxygen atoms in total. The molecule has 4 heteroatoms. The molecule has 66 valence electrons. The molecule has 0 spiro atoms. The lowest BCUT2D eigenvalue weighted by molar-refractivity contribution is 1.01. The molecule has 2 rings (SSSR count). The van der Waals surface area contributed by atoms with Crippen molar-refractivity contribution in [2.24, 2.45) is 0 Å². The zero-order valence-electron chi connectivity index (χ0n) is 7.87. The van der Waals surface area contributed by atoms with Crippen LogP contribution in [0.2, 0.25) is 0 Å². The van der Waals surface area contributed by atoms with E-state index in [9.17, 15) is 0 Å². The summed E-state index contributed by atoms with van der Waals surface area (Å²) in [6.07, 6.45) is 1.72. The molecule has 0 aliphatic carbocycles. The highest BCUT2D eigenvalue weighted by Crippen LogP contribution is 2.09. The number of aryl methyl sites for hydroxylation is 3. The average Bonchev–Trinajstić information content (AvgIpc) is 2.06. The van der Waals surface area contributed by atoms with Crippen molar-refractivity contribution in [3.8, 4) is 0 Å². The summed E-state index contributed by atoms with van der Waals surface area (Å²) in [6, 6.07) is 0. The molecule has 0 N–H and O–H groups in total. The Kier molecular flexibility index (Phi) is 1.69. The molecule has 2 aromatic rings. The predicted octanol–water partition coefficient (Wildman–Crippen LogP) is 1.35. The van der Waals surface area contributed by atoms with E-state index in [1.807, 2.05) is 20.8 Å². The summed E-state index contributed by atoms with van der Waals surface area (Å²) in [5.74, 6) is 0.739. The number of aromatic nitrogens is 4. The molecule has 0 amide bonds. The third kappa shape index (κ3) is 1.35. The third-order valence-electron chi connectivity index (χ3n) is 1.81. The highest BCUT2D eigenvalue weighted by molar-refractivity contribution is 5.71. The lowest BCUT2D eigenvalue weighted by Gasteiger charge is -2.01. The molecule has 0 radical (unpaired) electrons. The zero-order valence-corrected chi connectivity index (χ0v) is 7.87. The molecule has 0 aromatic carbocycles. The van der Waals surface area contributed by atoms with Crippen LogP contribution in [0, 0.1) is 20.8 Å². The van der Waals surface area contributed by atoms with E-state index < -0.39 is 0 Å². The molecule has 13 heavy (non-hydrogen) atoms. The van der Waals surface area contributed by atoms with Crippen molar-refractivity contribution in [2.75, 3.05) is 0 Å². The summed E-state index contributed by atoms with van der Waals surface area (Å²) in [4.78, 5) is 16.9. The minimum Gasteiger partial charge on any atom is -0.246 e. The van der Waals surface area contributed by atoms with E-state index in [4.69, 9.17) is 0 Å². The Bertz CT molecular complexity index is 464. The van der Waals surface area contributed by atoms with E-state index in [1.54, 1.807) is 6.20 Å². The van der Waals surface area contributed by atoms with Crippen molar-refractivity contribution in [1.29, 1.82) is 0 Å². The van der Waals surface area contributed by atoms with E-state index >= 15 is 0 Å². The van der Waals surface area contributed by atoms with E-state index in [0.717, 1.165) is 22.7 Å². The summed E-state index contributed by atoms with van der Waals surface area (Å²) in [5.41, 5.74) is 3.25. The second kappa shape index (κ2) is 2.73. The van der Waals surface area contributed by atoms with E-state index in [1.165, 1.54) is 0 Å². The second-order valence-electron chi connectivity index (χ2n) is 3.04. The number of fused-ring (bicyclic) bond motifs is 1. The largest absolute Gasteiger partial charge is 0.246 e. The number of hydrogen-bond donors (Lipinski definition) is 0. The Morgan fingerprint density at radius 1 is 1.00 bits per heavy atom. The van der Waals surface area contributed by atoms with Gasteiger partial charge in [-0.15, -0.1) is 0 Å². The first kappa shape index (κ1) is 8.04. The van der Waals surface area contributed by atoms with Crippen LogP contribution in [0.3, 0.4) is 0 Å². The van der Waals surface area contributed by atoms with Gasteiger partial charge in [0, 0.05) is 0 Å². The SMILES string of the molecule is Cc1cnc2nc(C)nc(C)c2n1. The van der Waals surface area contributed by atoms with Gasteiger partial charge in [0.25, 0.3) is 0 Å². The van der Waals surface area contributed by atoms with Crippen molar-refractivity contribution in [2.45, 2.75) is 20.8 Å². The Labute approximate surface area is 76.1 Å². The number of rotatable bonds is 0. The van der Waals surface area contributed by atoms with Gasteiger partial charge in [0.2, 0.25) is 0 Å². The highest BCUT2D eigenvalue weighted by Gasteiger charge is 2.03. The van der Waals surface area contributed by atoms with E-state index in [2.05, 4.69) is 19.9 Å². The van der Waals surface area contributed by atoms with Crippen LogP contribution in [0.5, 0.6) is 0 Å².